The maximum atomic E-state index is 14.2. The Morgan fingerprint density at radius 3 is 1.30 bits per heavy atom. The van der Waals surface area contributed by atoms with Gasteiger partial charge in [-0.2, -0.15) is 35.1 Å². The number of ether oxygens (including phenoxy) is 4. The van der Waals surface area contributed by atoms with Gasteiger partial charge in [0.25, 0.3) is 11.2 Å². The summed E-state index contributed by atoms with van der Waals surface area (Å²) in [7, 11) is 0.828. The number of rotatable bonds is 8. The Bertz CT molecular complexity index is 1480. The van der Waals surface area contributed by atoms with Gasteiger partial charge in [0.1, 0.15) is 5.75 Å². The first-order valence-electron chi connectivity index (χ1n) is 11.3. The molecule has 1 unspecified atom stereocenters. The van der Waals surface area contributed by atoms with Crippen molar-refractivity contribution in [3.63, 3.8) is 0 Å². The zero-order chi connectivity index (χ0) is 32.5. The summed E-state index contributed by atoms with van der Waals surface area (Å²) in [5.74, 6) is -21.5. The second-order valence-corrected chi connectivity index (χ2v) is 8.33. The van der Waals surface area contributed by atoms with E-state index < -0.39 is 87.2 Å². The highest BCUT2D eigenvalue weighted by Crippen LogP contribution is 2.46. The number of hydrogen-bond acceptors (Lipinski definition) is 6. The lowest BCUT2D eigenvalue weighted by Gasteiger charge is -2.33. The van der Waals surface area contributed by atoms with E-state index in [9.17, 15) is 57.9 Å². The van der Waals surface area contributed by atoms with E-state index in [1.165, 1.54) is 6.07 Å². The van der Waals surface area contributed by atoms with Gasteiger partial charge in [0.15, 0.2) is 0 Å². The zero-order valence-electron chi connectivity index (χ0n) is 21.3. The molecule has 17 heteroatoms. The van der Waals surface area contributed by atoms with Gasteiger partial charge in [0.2, 0.25) is 34.8 Å². The second kappa shape index (κ2) is 11.8. The molecule has 3 rings (SSSR count). The van der Waals surface area contributed by atoms with E-state index >= 15 is 0 Å². The summed E-state index contributed by atoms with van der Waals surface area (Å²) in [5.41, 5.74) is -9.97. The van der Waals surface area contributed by atoms with Crippen LogP contribution in [0, 0.1) is 29.1 Å². The van der Waals surface area contributed by atoms with Crippen LogP contribution in [0.1, 0.15) is 11.1 Å². The number of carbonyl (C=O) groups excluding carboxylic acids is 2. The van der Waals surface area contributed by atoms with Gasteiger partial charge in [-0.1, -0.05) is 42.5 Å². The Balaban J connectivity index is 2.04. The molecule has 3 aromatic carbocycles. The number of esters is 2. The van der Waals surface area contributed by atoms with Crippen molar-refractivity contribution in [2.45, 2.75) is 23.6 Å². The van der Waals surface area contributed by atoms with E-state index in [1.807, 2.05) is 0 Å². The van der Waals surface area contributed by atoms with Gasteiger partial charge in [-0.25, -0.2) is 22.8 Å². The van der Waals surface area contributed by atoms with Crippen molar-refractivity contribution in [3.05, 3.63) is 94.8 Å². The molecule has 3 aromatic rings. The molecule has 0 aromatic heterocycles. The molecule has 0 radical (unpaired) electrons. The molecular weight excluding hydrogens is 617 g/mol. The number of hydrogen-bond donors (Lipinski definition) is 0. The van der Waals surface area contributed by atoms with Crippen molar-refractivity contribution in [1.29, 1.82) is 0 Å². The van der Waals surface area contributed by atoms with Crippen molar-refractivity contribution >= 4 is 11.9 Å². The zero-order valence-corrected chi connectivity index (χ0v) is 21.3. The van der Waals surface area contributed by atoms with Crippen LogP contribution in [0.3, 0.4) is 0 Å². The highest BCUT2D eigenvalue weighted by Gasteiger charge is 2.65. The third-order valence-corrected chi connectivity index (χ3v) is 6.00. The molecule has 2 atom stereocenters. The average molecular weight is 632 g/mol. The number of halogens is 11. The fourth-order valence-electron chi connectivity index (χ4n) is 3.88. The number of methoxy groups -OCH3 is 2. The average Bonchev–Trinajstić information content (AvgIpc) is 2.94. The fraction of sp³-hybridized carbons (Fsp3) is 0.231. The molecule has 0 aliphatic rings. The third-order valence-electron chi connectivity index (χ3n) is 6.00. The van der Waals surface area contributed by atoms with Gasteiger partial charge >= 0.3 is 24.3 Å². The minimum Gasteiger partial charge on any atom is -0.424 e. The van der Waals surface area contributed by atoms with Gasteiger partial charge < -0.3 is 18.9 Å². The van der Waals surface area contributed by atoms with Crippen molar-refractivity contribution in [3.8, 4) is 11.5 Å². The van der Waals surface area contributed by atoms with Crippen LogP contribution in [0.15, 0.2) is 54.6 Å². The molecule has 0 aliphatic carbocycles. The predicted molar refractivity (Wildman–Crippen MR) is 120 cm³/mol. The molecule has 0 fully saturated rings. The number of carbonyl (C=O) groups is 2. The molecule has 0 saturated carbocycles. The van der Waals surface area contributed by atoms with Crippen molar-refractivity contribution in [2.75, 3.05) is 14.2 Å². The molecule has 232 valence electrons. The van der Waals surface area contributed by atoms with Crippen LogP contribution in [0.5, 0.6) is 11.5 Å². The van der Waals surface area contributed by atoms with Crippen LogP contribution in [-0.2, 0) is 30.3 Å². The lowest BCUT2D eigenvalue weighted by molar-refractivity contribution is -0.273. The molecule has 0 spiro atoms. The first kappa shape index (κ1) is 33.3. The van der Waals surface area contributed by atoms with Gasteiger partial charge in [0.05, 0.1) is 0 Å². The molecule has 6 nitrogen and oxygen atoms in total. The van der Waals surface area contributed by atoms with E-state index in [0.29, 0.717) is 31.4 Å². The van der Waals surface area contributed by atoms with Crippen LogP contribution >= 0.6 is 0 Å². The molecule has 0 heterocycles. The maximum absolute atomic E-state index is 14.2. The quantitative estimate of drug-likeness (QED) is 0.0942. The van der Waals surface area contributed by atoms with Gasteiger partial charge in [0, 0.05) is 25.3 Å². The van der Waals surface area contributed by atoms with Gasteiger partial charge in [-0.15, -0.1) is 0 Å². The van der Waals surface area contributed by atoms with E-state index in [-0.39, 0.29) is 7.11 Å². The molecule has 0 N–H and O–H groups in total. The molecule has 0 aliphatic heterocycles. The second-order valence-electron chi connectivity index (χ2n) is 8.33. The van der Waals surface area contributed by atoms with Crippen molar-refractivity contribution < 1.29 is 76.8 Å². The van der Waals surface area contributed by atoms with Crippen molar-refractivity contribution in [2.24, 2.45) is 0 Å². The Labute approximate surface area is 233 Å². The fourth-order valence-corrected chi connectivity index (χ4v) is 3.88. The Kier molecular flexibility index (Phi) is 9.12. The standard InChI is InChI=1S/C26H15F11O6/c1-40-23(25(32,33)34,12-6-4-3-5-7-12)21(38)42-14-10-8-13(9-11-14)24(41-2,26(35,36)37)22(39)43-20-18(30)16(28)15(27)17(29)19(20)31/h3-11H,1-2H3/t23?,24-/m1/s1. The van der Waals surface area contributed by atoms with E-state index in [0.717, 1.165) is 24.3 Å². The van der Waals surface area contributed by atoms with E-state index in [4.69, 9.17) is 4.74 Å². The normalized spacial score (nSPS) is 14.9. The summed E-state index contributed by atoms with van der Waals surface area (Å²) in [5, 5.41) is 0. The monoisotopic (exact) mass is 632 g/mol. The van der Waals surface area contributed by atoms with Crippen LogP contribution in [0.25, 0.3) is 0 Å². The Morgan fingerprint density at radius 1 is 0.535 bits per heavy atom. The molecule has 0 bridgehead atoms. The maximum Gasteiger partial charge on any atom is 0.432 e. The van der Waals surface area contributed by atoms with Gasteiger partial charge in [-0.3, -0.25) is 0 Å². The van der Waals surface area contributed by atoms with Crippen LogP contribution in [0.4, 0.5) is 48.3 Å². The SMILES string of the molecule is COC(C(=O)Oc1ccc([C@@](OC)(C(=O)Oc2c(F)c(F)c(F)c(F)c2F)C(F)(F)F)cc1)(c1ccccc1)C(F)(F)F. The first-order valence-corrected chi connectivity index (χ1v) is 11.3. The summed E-state index contributed by atoms with van der Waals surface area (Å²) in [4.78, 5) is 25.4. The van der Waals surface area contributed by atoms with Crippen LogP contribution < -0.4 is 9.47 Å². The predicted octanol–water partition coefficient (Wildman–Crippen LogP) is 6.40. The highest BCUT2D eigenvalue weighted by molar-refractivity contribution is 5.86. The number of alkyl halides is 6. The minimum absolute atomic E-state index is 0.275. The summed E-state index contributed by atoms with van der Waals surface area (Å²) in [6, 6.07) is 7.12. The van der Waals surface area contributed by atoms with Crippen LogP contribution in [-0.4, -0.2) is 38.5 Å². The minimum atomic E-state index is -5.85. The molecule has 43 heavy (non-hydrogen) atoms. The molecule has 0 saturated heterocycles. The number of benzene rings is 3. The van der Waals surface area contributed by atoms with Crippen LogP contribution in [0.2, 0.25) is 0 Å². The topological polar surface area (TPSA) is 71.1 Å². The Morgan fingerprint density at radius 2 is 0.907 bits per heavy atom. The van der Waals surface area contributed by atoms with Gasteiger partial charge in [-0.05, 0) is 12.1 Å². The lowest BCUT2D eigenvalue weighted by atomic mass is 9.92. The summed E-state index contributed by atoms with van der Waals surface area (Å²) >= 11 is 0. The van der Waals surface area contributed by atoms with E-state index in [2.05, 4.69) is 14.2 Å². The summed E-state index contributed by atoms with van der Waals surface area (Å²) in [6.45, 7) is 0. The summed E-state index contributed by atoms with van der Waals surface area (Å²) in [6.07, 6.45) is -11.3. The van der Waals surface area contributed by atoms with E-state index in [1.54, 1.807) is 0 Å². The lowest BCUT2D eigenvalue weighted by Crippen LogP contribution is -2.53. The largest absolute Gasteiger partial charge is 0.432 e. The Hall–Kier alpha value is -4.25. The van der Waals surface area contributed by atoms with Crippen molar-refractivity contribution in [1.82, 2.24) is 0 Å². The first-order chi connectivity index (χ1) is 19.9. The molecule has 0 amide bonds. The summed E-state index contributed by atoms with van der Waals surface area (Å²) < 4.78 is 171. The smallest absolute Gasteiger partial charge is 0.424 e. The third kappa shape index (κ3) is 5.49. The molecular formula is C26H15F11O6. The highest BCUT2D eigenvalue weighted by atomic mass is 19.4.